The minimum atomic E-state index is -1.05. The SMILES string of the molecule is COc1ccc([C@@H](OC(=O)Nc2ccc(C)cc2)[C@@H](CC/C=C/C(=O)O)Oc2ccccc2)cc1O. The molecular weight excluding hydrogens is 462 g/mol. The molecule has 1 amide bonds. The quantitative estimate of drug-likeness (QED) is 0.288. The number of phenolic OH excluding ortho intramolecular Hbond substituents is 1. The highest BCUT2D eigenvalue weighted by atomic mass is 16.6. The van der Waals surface area contributed by atoms with E-state index in [4.69, 9.17) is 19.3 Å². The number of rotatable bonds is 11. The smallest absolute Gasteiger partial charge is 0.412 e. The summed E-state index contributed by atoms with van der Waals surface area (Å²) in [5, 5.41) is 22.0. The highest BCUT2D eigenvalue weighted by Crippen LogP contribution is 2.34. The van der Waals surface area contributed by atoms with Gasteiger partial charge in [0.15, 0.2) is 17.6 Å². The maximum Gasteiger partial charge on any atom is 0.412 e. The van der Waals surface area contributed by atoms with E-state index in [9.17, 15) is 14.7 Å². The molecule has 0 aromatic heterocycles. The number of carbonyl (C=O) groups is 2. The second kappa shape index (κ2) is 12.9. The van der Waals surface area contributed by atoms with Crippen molar-refractivity contribution < 1.29 is 34.0 Å². The average molecular weight is 492 g/mol. The Hall–Kier alpha value is -4.46. The molecule has 0 heterocycles. The molecule has 0 saturated carbocycles. The van der Waals surface area contributed by atoms with E-state index in [2.05, 4.69) is 5.32 Å². The van der Waals surface area contributed by atoms with Gasteiger partial charge in [-0.1, -0.05) is 48.0 Å². The number of carbonyl (C=O) groups excluding carboxylic acids is 1. The van der Waals surface area contributed by atoms with E-state index in [0.717, 1.165) is 11.6 Å². The van der Waals surface area contributed by atoms with Crippen LogP contribution in [0.1, 0.15) is 30.1 Å². The van der Waals surface area contributed by atoms with Crippen LogP contribution in [0.4, 0.5) is 10.5 Å². The lowest BCUT2D eigenvalue weighted by molar-refractivity contribution is -0.131. The normalized spacial score (nSPS) is 12.5. The molecule has 3 rings (SSSR count). The van der Waals surface area contributed by atoms with Crippen molar-refractivity contribution >= 4 is 17.7 Å². The van der Waals surface area contributed by atoms with Gasteiger partial charge in [-0.05, 0) is 56.2 Å². The zero-order valence-corrected chi connectivity index (χ0v) is 20.1. The van der Waals surface area contributed by atoms with Crippen molar-refractivity contribution in [3.8, 4) is 17.2 Å². The van der Waals surface area contributed by atoms with Crippen LogP contribution in [0.3, 0.4) is 0 Å². The number of ether oxygens (including phenoxy) is 3. The molecule has 0 fully saturated rings. The first-order valence-corrected chi connectivity index (χ1v) is 11.4. The predicted molar refractivity (Wildman–Crippen MR) is 136 cm³/mol. The molecule has 8 nitrogen and oxygen atoms in total. The lowest BCUT2D eigenvalue weighted by atomic mass is 9.99. The Bertz CT molecular complexity index is 1180. The summed E-state index contributed by atoms with van der Waals surface area (Å²) in [7, 11) is 1.44. The van der Waals surface area contributed by atoms with Crippen molar-refractivity contribution in [2.75, 3.05) is 12.4 Å². The van der Waals surface area contributed by atoms with Gasteiger partial charge >= 0.3 is 12.1 Å². The number of aromatic hydroxyl groups is 1. The number of hydrogen-bond acceptors (Lipinski definition) is 6. The van der Waals surface area contributed by atoms with Crippen LogP contribution in [0.5, 0.6) is 17.2 Å². The molecule has 0 aliphatic rings. The fraction of sp³-hybridized carbons (Fsp3) is 0.214. The van der Waals surface area contributed by atoms with Gasteiger partial charge in [0.2, 0.25) is 0 Å². The molecule has 3 aromatic carbocycles. The van der Waals surface area contributed by atoms with Gasteiger partial charge in [0.25, 0.3) is 0 Å². The third-order valence-corrected chi connectivity index (χ3v) is 5.31. The highest BCUT2D eigenvalue weighted by molar-refractivity contribution is 5.84. The van der Waals surface area contributed by atoms with E-state index in [0.29, 0.717) is 29.8 Å². The Morgan fingerprint density at radius 2 is 1.75 bits per heavy atom. The monoisotopic (exact) mass is 491 g/mol. The first-order chi connectivity index (χ1) is 17.4. The molecule has 0 saturated heterocycles. The summed E-state index contributed by atoms with van der Waals surface area (Å²) in [6.45, 7) is 1.94. The number of allylic oxidation sites excluding steroid dienone is 1. The van der Waals surface area contributed by atoms with Gasteiger partial charge in [-0.2, -0.15) is 0 Å². The number of aryl methyl sites for hydroxylation is 1. The molecule has 8 heteroatoms. The van der Waals surface area contributed by atoms with Gasteiger partial charge in [0.05, 0.1) is 7.11 Å². The van der Waals surface area contributed by atoms with Crippen LogP contribution < -0.4 is 14.8 Å². The van der Waals surface area contributed by atoms with E-state index in [-0.39, 0.29) is 11.5 Å². The summed E-state index contributed by atoms with van der Waals surface area (Å²) in [4.78, 5) is 23.8. The first-order valence-electron chi connectivity index (χ1n) is 11.4. The van der Waals surface area contributed by atoms with Crippen LogP contribution in [-0.2, 0) is 9.53 Å². The molecule has 36 heavy (non-hydrogen) atoms. The molecule has 3 N–H and O–H groups in total. The van der Waals surface area contributed by atoms with Gasteiger partial charge in [-0.3, -0.25) is 5.32 Å². The number of carboxylic acid groups (broad SMARTS) is 1. The molecule has 0 radical (unpaired) electrons. The largest absolute Gasteiger partial charge is 0.504 e. The van der Waals surface area contributed by atoms with Gasteiger partial charge in [0, 0.05) is 17.3 Å². The van der Waals surface area contributed by atoms with Crippen molar-refractivity contribution in [1.29, 1.82) is 0 Å². The lowest BCUT2D eigenvalue weighted by Gasteiger charge is -2.28. The van der Waals surface area contributed by atoms with Crippen molar-refractivity contribution in [3.63, 3.8) is 0 Å². The Morgan fingerprint density at radius 3 is 2.39 bits per heavy atom. The van der Waals surface area contributed by atoms with Crippen LogP contribution in [0, 0.1) is 6.92 Å². The summed E-state index contributed by atoms with van der Waals surface area (Å²) in [6.07, 6.45) is 0.895. The summed E-state index contributed by atoms with van der Waals surface area (Å²) in [5.74, 6) is -0.353. The summed E-state index contributed by atoms with van der Waals surface area (Å²) in [6, 6.07) is 21.0. The second-order valence-electron chi connectivity index (χ2n) is 8.04. The van der Waals surface area contributed by atoms with Crippen LogP contribution in [0.2, 0.25) is 0 Å². The maximum absolute atomic E-state index is 12.9. The number of hydrogen-bond donors (Lipinski definition) is 3. The number of nitrogens with one attached hydrogen (secondary N) is 1. The fourth-order valence-corrected chi connectivity index (χ4v) is 3.53. The Labute approximate surface area is 209 Å². The Balaban J connectivity index is 1.92. The topological polar surface area (TPSA) is 114 Å². The highest BCUT2D eigenvalue weighted by Gasteiger charge is 2.30. The maximum atomic E-state index is 12.9. The fourth-order valence-electron chi connectivity index (χ4n) is 3.53. The lowest BCUT2D eigenvalue weighted by Crippen LogP contribution is -2.31. The number of benzene rings is 3. The second-order valence-corrected chi connectivity index (χ2v) is 8.04. The number of phenols is 1. The van der Waals surface area contributed by atoms with Crippen LogP contribution in [0.25, 0.3) is 0 Å². The number of para-hydroxylation sites is 1. The third-order valence-electron chi connectivity index (χ3n) is 5.31. The van der Waals surface area contributed by atoms with Gasteiger partial charge in [0.1, 0.15) is 11.9 Å². The van der Waals surface area contributed by atoms with E-state index in [1.807, 2.05) is 37.3 Å². The minimum absolute atomic E-state index is 0.119. The van der Waals surface area contributed by atoms with Crippen molar-refractivity contribution in [3.05, 3.63) is 96.1 Å². The van der Waals surface area contributed by atoms with E-state index in [1.165, 1.54) is 19.3 Å². The predicted octanol–water partition coefficient (Wildman–Crippen LogP) is 5.87. The zero-order valence-electron chi connectivity index (χ0n) is 20.1. The number of carboxylic acids is 1. The molecule has 2 atom stereocenters. The molecule has 0 bridgehead atoms. The molecule has 0 spiro atoms. The van der Waals surface area contributed by atoms with Crippen LogP contribution in [-0.4, -0.2) is 35.5 Å². The van der Waals surface area contributed by atoms with E-state index >= 15 is 0 Å². The molecular formula is C28H29NO7. The Morgan fingerprint density at radius 1 is 1.03 bits per heavy atom. The minimum Gasteiger partial charge on any atom is -0.504 e. The summed E-state index contributed by atoms with van der Waals surface area (Å²) >= 11 is 0. The van der Waals surface area contributed by atoms with Gasteiger partial charge < -0.3 is 24.4 Å². The van der Waals surface area contributed by atoms with Gasteiger partial charge in [-0.25, -0.2) is 9.59 Å². The number of anilines is 1. The molecule has 0 unspecified atom stereocenters. The van der Waals surface area contributed by atoms with Crippen molar-refractivity contribution in [2.45, 2.75) is 32.0 Å². The zero-order chi connectivity index (χ0) is 25.9. The average Bonchev–Trinajstić information content (AvgIpc) is 2.86. The molecule has 0 aliphatic heterocycles. The van der Waals surface area contributed by atoms with Crippen molar-refractivity contribution in [1.82, 2.24) is 0 Å². The number of amides is 1. The number of aliphatic carboxylic acids is 1. The van der Waals surface area contributed by atoms with Crippen molar-refractivity contribution in [2.24, 2.45) is 0 Å². The molecule has 3 aromatic rings. The first kappa shape index (κ1) is 26.2. The van der Waals surface area contributed by atoms with Crippen LogP contribution >= 0.6 is 0 Å². The summed E-state index contributed by atoms with van der Waals surface area (Å²) < 4.78 is 17.2. The Kier molecular flexibility index (Phi) is 9.33. The van der Waals surface area contributed by atoms with Crippen LogP contribution in [0.15, 0.2) is 84.9 Å². The third kappa shape index (κ3) is 7.80. The number of methoxy groups -OCH3 is 1. The molecule has 0 aliphatic carbocycles. The van der Waals surface area contributed by atoms with Gasteiger partial charge in [-0.15, -0.1) is 0 Å². The molecule has 188 valence electrons. The summed E-state index contributed by atoms with van der Waals surface area (Å²) in [5.41, 5.74) is 2.09. The standard InChI is InChI=1S/C28H29NO7/c1-19-12-15-21(16-13-19)29-28(33)36-27(20-14-17-24(34-2)23(30)18-20)25(10-6-7-11-26(31)32)35-22-8-4-3-5-9-22/h3-5,7-9,11-18,25,27,30H,6,10H2,1-2H3,(H,29,33)(H,31,32)/b11-7+/t25-,27-/m1/s1. The van der Waals surface area contributed by atoms with E-state index in [1.54, 1.807) is 36.4 Å². The van der Waals surface area contributed by atoms with E-state index < -0.39 is 24.3 Å².